The standard InChI is InChI=1S/C26H23N7O4S2/c1-16-27-32-26(38-16)33-39(34,35)22-14-8-19(9-15-22)28-31-25-23(17-4-10-20(36-2)11-5-17)29-30-24(25)18-6-12-21(37-3)13-7-18/h4-15H,1-3H3,(H,29,30)(H,32,33). The van der Waals surface area contributed by atoms with E-state index in [0.717, 1.165) is 34.0 Å². The third-order valence-corrected chi connectivity index (χ3v) is 7.88. The molecule has 13 heteroatoms. The van der Waals surface area contributed by atoms with Crippen LogP contribution in [0.25, 0.3) is 22.5 Å². The first-order valence-electron chi connectivity index (χ1n) is 11.6. The molecule has 198 valence electrons. The molecule has 0 fully saturated rings. The van der Waals surface area contributed by atoms with Gasteiger partial charge in [0.05, 0.1) is 30.5 Å². The van der Waals surface area contributed by atoms with Crippen LogP contribution in [0.2, 0.25) is 0 Å². The van der Waals surface area contributed by atoms with Crippen LogP contribution in [0.1, 0.15) is 5.01 Å². The van der Waals surface area contributed by atoms with E-state index in [0.29, 0.717) is 27.8 Å². The number of hydrogen-bond acceptors (Lipinski definition) is 10. The van der Waals surface area contributed by atoms with E-state index in [1.54, 1.807) is 33.3 Å². The van der Waals surface area contributed by atoms with Crippen LogP contribution >= 0.6 is 11.3 Å². The van der Waals surface area contributed by atoms with Crippen LogP contribution < -0.4 is 14.2 Å². The van der Waals surface area contributed by atoms with Crippen LogP contribution in [-0.2, 0) is 10.0 Å². The van der Waals surface area contributed by atoms with Gasteiger partial charge in [-0.05, 0) is 79.7 Å². The average Bonchev–Trinajstić information content (AvgIpc) is 3.57. The molecule has 0 atom stereocenters. The van der Waals surface area contributed by atoms with Crippen molar-refractivity contribution in [3.8, 4) is 34.0 Å². The summed E-state index contributed by atoms with van der Waals surface area (Å²) in [5.41, 5.74) is 3.92. The number of benzene rings is 3. The lowest BCUT2D eigenvalue weighted by Gasteiger charge is -2.05. The molecule has 5 aromatic rings. The number of nitrogens with one attached hydrogen (secondary N) is 2. The van der Waals surface area contributed by atoms with Crippen molar-refractivity contribution in [1.29, 1.82) is 0 Å². The number of hydrogen-bond donors (Lipinski definition) is 2. The van der Waals surface area contributed by atoms with E-state index in [9.17, 15) is 8.42 Å². The zero-order valence-electron chi connectivity index (χ0n) is 21.1. The maximum atomic E-state index is 12.7. The summed E-state index contributed by atoms with van der Waals surface area (Å²) in [5.74, 6) is 1.45. The van der Waals surface area contributed by atoms with Crippen molar-refractivity contribution in [2.75, 3.05) is 18.9 Å². The number of aryl methyl sites for hydroxylation is 1. The minimum absolute atomic E-state index is 0.0652. The number of H-pyrrole nitrogens is 1. The molecule has 2 N–H and O–H groups in total. The Kier molecular flexibility index (Phi) is 7.34. The van der Waals surface area contributed by atoms with Crippen LogP contribution in [0.15, 0.2) is 87.9 Å². The number of anilines is 1. The molecule has 0 aliphatic rings. The van der Waals surface area contributed by atoms with Crippen molar-refractivity contribution < 1.29 is 17.9 Å². The Morgan fingerprint density at radius 2 is 1.44 bits per heavy atom. The molecule has 0 bridgehead atoms. The lowest BCUT2D eigenvalue weighted by atomic mass is 10.1. The Morgan fingerprint density at radius 1 is 0.821 bits per heavy atom. The van der Waals surface area contributed by atoms with E-state index in [1.807, 2.05) is 48.5 Å². The molecule has 2 heterocycles. The molecule has 2 aromatic heterocycles. The zero-order chi connectivity index (χ0) is 27.4. The average molecular weight is 562 g/mol. The van der Waals surface area contributed by atoms with E-state index in [4.69, 9.17) is 9.47 Å². The molecule has 0 amide bonds. The van der Waals surface area contributed by atoms with E-state index in [2.05, 4.69) is 35.3 Å². The number of ether oxygens (including phenoxy) is 2. The Hall–Kier alpha value is -4.62. The first-order chi connectivity index (χ1) is 18.9. The fourth-order valence-corrected chi connectivity index (χ4v) is 5.48. The predicted molar refractivity (Wildman–Crippen MR) is 149 cm³/mol. The third-order valence-electron chi connectivity index (χ3n) is 5.64. The summed E-state index contributed by atoms with van der Waals surface area (Å²) in [5, 5.41) is 25.0. The van der Waals surface area contributed by atoms with Gasteiger partial charge in [-0.2, -0.15) is 10.2 Å². The SMILES string of the molecule is COc1ccc(-c2n[nH]c(-c3ccc(OC)cc3)c2N=Nc2ccc(S(=O)(=O)Nc3nnc(C)s3)cc2)cc1. The second-order valence-corrected chi connectivity index (χ2v) is 11.0. The normalized spacial score (nSPS) is 11.6. The van der Waals surface area contributed by atoms with Crippen LogP contribution in [0, 0.1) is 6.92 Å². The molecule has 0 saturated heterocycles. The second-order valence-electron chi connectivity index (χ2n) is 8.18. The summed E-state index contributed by atoms with van der Waals surface area (Å²) in [6, 6.07) is 21.0. The lowest BCUT2D eigenvalue weighted by molar-refractivity contribution is 0.415. The second kappa shape index (κ2) is 11.0. The van der Waals surface area contributed by atoms with Gasteiger partial charge in [0.15, 0.2) is 0 Å². The summed E-state index contributed by atoms with van der Waals surface area (Å²) in [4.78, 5) is 0.0652. The maximum Gasteiger partial charge on any atom is 0.263 e. The Bertz CT molecular complexity index is 1650. The highest BCUT2D eigenvalue weighted by Crippen LogP contribution is 2.39. The monoisotopic (exact) mass is 561 g/mol. The first-order valence-corrected chi connectivity index (χ1v) is 13.9. The molecule has 0 aliphatic heterocycles. The summed E-state index contributed by atoms with van der Waals surface area (Å²) in [6.07, 6.45) is 0. The van der Waals surface area contributed by atoms with Gasteiger partial charge in [0.1, 0.15) is 27.9 Å². The smallest absolute Gasteiger partial charge is 0.263 e. The van der Waals surface area contributed by atoms with Crippen molar-refractivity contribution in [3.05, 3.63) is 77.8 Å². The van der Waals surface area contributed by atoms with Gasteiger partial charge in [0, 0.05) is 11.1 Å². The van der Waals surface area contributed by atoms with E-state index < -0.39 is 10.0 Å². The van der Waals surface area contributed by atoms with Crippen LogP contribution in [-0.4, -0.2) is 43.0 Å². The minimum Gasteiger partial charge on any atom is -0.497 e. The number of nitrogens with zero attached hydrogens (tertiary/aromatic N) is 5. The molecule has 0 aliphatic carbocycles. The van der Waals surface area contributed by atoms with Gasteiger partial charge in [-0.1, -0.05) is 11.3 Å². The van der Waals surface area contributed by atoms with Gasteiger partial charge in [-0.15, -0.1) is 15.3 Å². The van der Waals surface area contributed by atoms with Crippen molar-refractivity contribution in [2.24, 2.45) is 10.2 Å². The van der Waals surface area contributed by atoms with Crippen LogP contribution in [0.5, 0.6) is 11.5 Å². The number of azo groups is 1. The Balaban J connectivity index is 1.46. The first kappa shape index (κ1) is 26.0. The van der Waals surface area contributed by atoms with E-state index >= 15 is 0 Å². The summed E-state index contributed by atoms with van der Waals surface area (Å²) in [7, 11) is -0.608. The number of aromatic nitrogens is 4. The highest BCUT2D eigenvalue weighted by atomic mass is 32.2. The minimum atomic E-state index is -3.82. The van der Waals surface area contributed by atoms with E-state index in [1.165, 1.54) is 12.1 Å². The zero-order valence-corrected chi connectivity index (χ0v) is 22.7. The third kappa shape index (κ3) is 5.78. The molecule has 3 aromatic carbocycles. The number of rotatable bonds is 9. The number of methoxy groups -OCH3 is 2. The van der Waals surface area contributed by atoms with Crippen molar-refractivity contribution in [2.45, 2.75) is 11.8 Å². The van der Waals surface area contributed by atoms with Gasteiger partial charge in [0.2, 0.25) is 5.13 Å². The summed E-state index contributed by atoms with van der Waals surface area (Å²) < 4.78 is 38.4. The molecular weight excluding hydrogens is 538 g/mol. The van der Waals surface area contributed by atoms with Crippen molar-refractivity contribution in [1.82, 2.24) is 20.4 Å². The Labute approximate surface area is 228 Å². The van der Waals surface area contributed by atoms with Crippen molar-refractivity contribution >= 4 is 37.9 Å². The Morgan fingerprint density at radius 3 is 2.00 bits per heavy atom. The molecule has 5 rings (SSSR count). The van der Waals surface area contributed by atoms with Crippen LogP contribution in [0.3, 0.4) is 0 Å². The largest absolute Gasteiger partial charge is 0.497 e. The van der Waals surface area contributed by atoms with E-state index in [-0.39, 0.29) is 10.0 Å². The van der Waals surface area contributed by atoms with Gasteiger partial charge >= 0.3 is 0 Å². The maximum absolute atomic E-state index is 12.7. The lowest BCUT2D eigenvalue weighted by Crippen LogP contribution is -2.12. The topological polar surface area (TPSA) is 144 Å². The van der Waals surface area contributed by atoms with Gasteiger partial charge in [-0.3, -0.25) is 9.82 Å². The predicted octanol–water partition coefficient (Wildman–Crippen LogP) is 6.14. The molecule has 0 saturated carbocycles. The molecular formula is C26H23N7O4S2. The van der Waals surface area contributed by atoms with Gasteiger partial charge in [0.25, 0.3) is 10.0 Å². The highest BCUT2D eigenvalue weighted by Gasteiger charge is 2.18. The highest BCUT2D eigenvalue weighted by molar-refractivity contribution is 7.93. The quantitative estimate of drug-likeness (QED) is 0.206. The number of aromatic amines is 1. The molecule has 0 spiro atoms. The van der Waals surface area contributed by atoms with Gasteiger partial charge < -0.3 is 9.47 Å². The number of sulfonamides is 1. The summed E-state index contributed by atoms with van der Waals surface area (Å²) in [6.45, 7) is 1.75. The molecule has 0 unspecified atom stereocenters. The summed E-state index contributed by atoms with van der Waals surface area (Å²) >= 11 is 1.15. The van der Waals surface area contributed by atoms with Crippen molar-refractivity contribution in [3.63, 3.8) is 0 Å². The van der Waals surface area contributed by atoms with Crippen LogP contribution in [0.4, 0.5) is 16.5 Å². The molecule has 11 nitrogen and oxygen atoms in total. The molecule has 39 heavy (non-hydrogen) atoms. The fourth-order valence-electron chi connectivity index (χ4n) is 3.65. The fraction of sp³-hybridized carbons (Fsp3) is 0.115. The van der Waals surface area contributed by atoms with Gasteiger partial charge in [-0.25, -0.2) is 8.42 Å². The molecule has 0 radical (unpaired) electrons.